The van der Waals surface area contributed by atoms with Crippen LogP contribution in [0.1, 0.15) is 5.56 Å². The van der Waals surface area contributed by atoms with Crippen LogP contribution in [0, 0.1) is 6.92 Å². The van der Waals surface area contributed by atoms with Crippen molar-refractivity contribution in [2.24, 2.45) is 0 Å². The molecule has 3 aromatic rings. The first-order chi connectivity index (χ1) is 13.1. The molecule has 1 aromatic heterocycles. The fourth-order valence-electron chi connectivity index (χ4n) is 2.71. The smallest absolute Gasteiger partial charge is 0.266 e. The van der Waals surface area contributed by atoms with Crippen LogP contribution in [0.4, 0.5) is 0 Å². The number of ether oxygens (including phenoxy) is 1. The molecule has 1 heterocycles. The molecule has 0 spiro atoms. The molecule has 0 atom stereocenters. The molecule has 27 heavy (non-hydrogen) atoms. The van der Waals surface area contributed by atoms with E-state index in [-0.39, 0.29) is 17.2 Å². The van der Waals surface area contributed by atoms with E-state index in [1.807, 2.05) is 49.4 Å². The van der Waals surface area contributed by atoms with Crippen LogP contribution >= 0.6 is 11.8 Å². The number of fused-ring (bicyclic) bond motifs is 1. The van der Waals surface area contributed by atoms with Crippen LogP contribution in [0.2, 0.25) is 0 Å². The molecular formula is C20H21N3O3S. The predicted octanol–water partition coefficient (Wildman–Crippen LogP) is 2.55. The van der Waals surface area contributed by atoms with E-state index >= 15 is 0 Å². The summed E-state index contributed by atoms with van der Waals surface area (Å²) >= 11 is 1.24. The molecule has 0 aliphatic heterocycles. The number of nitrogens with zero attached hydrogens (tertiary/aromatic N) is 2. The third-order valence-corrected chi connectivity index (χ3v) is 5.00. The van der Waals surface area contributed by atoms with Crippen molar-refractivity contribution in [3.63, 3.8) is 0 Å². The molecule has 7 heteroatoms. The van der Waals surface area contributed by atoms with E-state index in [2.05, 4.69) is 10.3 Å². The zero-order chi connectivity index (χ0) is 19.2. The zero-order valence-corrected chi connectivity index (χ0v) is 16.1. The minimum atomic E-state index is -0.141. The van der Waals surface area contributed by atoms with Gasteiger partial charge in [-0.1, -0.05) is 42.1 Å². The first-order valence-corrected chi connectivity index (χ1v) is 9.56. The first-order valence-electron chi connectivity index (χ1n) is 8.58. The summed E-state index contributed by atoms with van der Waals surface area (Å²) in [6.07, 6.45) is 0. The van der Waals surface area contributed by atoms with E-state index in [4.69, 9.17) is 4.74 Å². The Hall–Kier alpha value is -2.64. The van der Waals surface area contributed by atoms with E-state index in [9.17, 15) is 9.59 Å². The molecule has 1 amide bonds. The second kappa shape index (κ2) is 8.83. The molecule has 6 nitrogen and oxygen atoms in total. The lowest BCUT2D eigenvalue weighted by Crippen LogP contribution is -2.29. The highest BCUT2D eigenvalue weighted by Gasteiger charge is 2.15. The van der Waals surface area contributed by atoms with E-state index < -0.39 is 0 Å². The average Bonchev–Trinajstić information content (AvgIpc) is 2.68. The normalized spacial score (nSPS) is 10.9. The maximum atomic E-state index is 13.2. The molecule has 0 saturated heterocycles. The molecule has 0 aliphatic rings. The van der Waals surface area contributed by atoms with Crippen molar-refractivity contribution in [3.05, 3.63) is 64.4 Å². The molecule has 0 fully saturated rings. The molecule has 140 valence electrons. The maximum absolute atomic E-state index is 13.2. The molecule has 2 aromatic carbocycles. The number of thioether (sulfide) groups is 1. The van der Waals surface area contributed by atoms with Crippen molar-refractivity contribution < 1.29 is 9.53 Å². The van der Waals surface area contributed by atoms with Gasteiger partial charge in [0.1, 0.15) is 0 Å². The van der Waals surface area contributed by atoms with Gasteiger partial charge >= 0.3 is 0 Å². The maximum Gasteiger partial charge on any atom is 0.266 e. The monoisotopic (exact) mass is 383 g/mol. The lowest BCUT2D eigenvalue weighted by Gasteiger charge is -2.15. The number of hydrogen-bond acceptors (Lipinski definition) is 5. The Balaban J connectivity index is 2.00. The summed E-state index contributed by atoms with van der Waals surface area (Å²) in [4.78, 5) is 29.8. The van der Waals surface area contributed by atoms with Crippen molar-refractivity contribution in [2.45, 2.75) is 12.1 Å². The summed E-state index contributed by atoms with van der Waals surface area (Å²) in [6.45, 7) is 2.85. The van der Waals surface area contributed by atoms with Gasteiger partial charge in [0, 0.05) is 13.7 Å². The van der Waals surface area contributed by atoms with Gasteiger partial charge in [-0.15, -0.1) is 0 Å². The van der Waals surface area contributed by atoms with Gasteiger partial charge in [-0.3, -0.25) is 14.2 Å². The lowest BCUT2D eigenvalue weighted by atomic mass is 10.2. The average molecular weight is 383 g/mol. The predicted molar refractivity (Wildman–Crippen MR) is 108 cm³/mol. The summed E-state index contributed by atoms with van der Waals surface area (Å²) < 4.78 is 6.52. The number of carbonyl (C=O) groups is 1. The molecule has 0 bridgehead atoms. The number of amides is 1. The van der Waals surface area contributed by atoms with Crippen molar-refractivity contribution in [1.29, 1.82) is 0 Å². The molecule has 0 unspecified atom stereocenters. The van der Waals surface area contributed by atoms with Crippen LogP contribution in [0.3, 0.4) is 0 Å². The number of nitrogens with one attached hydrogen (secondary N) is 1. The molecule has 1 N–H and O–H groups in total. The number of carbonyl (C=O) groups excluding carboxylic acids is 1. The molecule has 0 aliphatic carbocycles. The minimum Gasteiger partial charge on any atom is -0.383 e. The highest BCUT2D eigenvalue weighted by Crippen LogP contribution is 2.22. The topological polar surface area (TPSA) is 73.2 Å². The Morgan fingerprint density at radius 3 is 2.70 bits per heavy atom. The highest BCUT2D eigenvalue weighted by atomic mass is 32.2. The number of benzene rings is 2. The minimum absolute atomic E-state index is 0.129. The number of aromatic nitrogens is 2. The van der Waals surface area contributed by atoms with Crippen molar-refractivity contribution in [3.8, 4) is 5.69 Å². The third kappa shape index (κ3) is 4.37. The largest absolute Gasteiger partial charge is 0.383 e. The van der Waals surface area contributed by atoms with Crippen LogP contribution < -0.4 is 10.9 Å². The van der Waals surface area contributed by atoms with Crippen LogP contribution in [-0.4, -0.2) is 41.5 Å². The quantitative estimate of drug-likeness (QED) is 0.386. The SMILES string of the molecule is COCCNC(=O)CSc1nc2ccccc2c(=O)n1-c1ccccc1C. The van der Waals surface area contributed by atoms with E-state index in [1.54, 1.807) is 17.7 Å². The number of aryl methyl sites for hydroxylation is 1. The summed E-state index contributed by atoms with van der Waals surface area (Å²) in [5, 5.41) is 3.82. The molecular weight excluding hydrogens is 362 g/mol. The van der Waals surface area contributed by atoms with Crippen LogP contribution in [0.5, 0.6) is 0 Å². The van der Waals surface area contributed by atoms with Gasteiger partial charge < -0.3 is 10.1 Å². The molecule has 3 rings (SSSR count). The summed E-state index contributed by atoms with van der Waals surface area (Å²) in [6, 6.07) is 14.9. The second-order valence-electron chi connectivity index (χ2n) is 5.97. The zero-order valence-electron chi connectivity index (χ0n) is 15.3. The Bertz CT molecular complexity index is 1020. The molecule has 0 radical (unpaired) electrons. The van der Waals surface area contributed by atoms with Gasteiger partial charge in [0.25, 0.3) is 5.56 Å². The fraction of sp³-hybridized carbons (Fsp3) is 0.250. The Morgan fingerprint density at radius 1 is 1.19 bits per heavy atom. The van der Waals surface area contributed by atoms with Gasteiger partial charge in [0.15, 0.2) is 5.16 Å². The first kappa shape index (κ1) is 19.1. The van der Waals surface area contributed by atoms with E-state index in [0.29, 0.717) is 29.2 Å². The summed E-state index contributed by atoms with van der Waals surface area (Å²) in [7, 11) is 1.58. The van der Waals surface area contributed by atoms with Gasteiger partial charge in [0.2, 0.25) is 5.91 Å². The highest BCUT2D eigenvalue weighted by molar-refractivity contribution is 7.99. The number of hydrogen-bond donors (Lipinski definition) is 1. The Kier molecular flexibility index (Phi) is 6.26. The van der Waals surface area contributed by atoms with Crippen molar-refractivity contribution in [1.82, 2.24) is 14.9 Å². The fourth-order valence-corrected chi connectivity index (χ4v) is 3.55. The van der Waals surface area contributed by atoms with E-state index in [1.165, 1.54) is 11.8 Å². The number of methoxy groups -OCH3 is 1. The van der Waals surface area contributed by atoms with Gasteiger partial charge in [0.05, 0.1) is 29.0 Å². The second-order valence-corrected chi connectivity index (χ2v) is 6.91. The van der Waals surface area contributed by atoms with Crippen LogP contribution in [0.15, 0.2) is 58.5 Å². The molecule has 0 saturated carbocycles. The lowest BCUT2D eigenvalue weighted by molar-refractivity contribution is -0.118. The van der Waals surface area contributed by atoms with Gasteiger partial charge in [-0.05, 0) is 30.7 Å². The van der Waals surface area contributed by atoms with Crippen LogP contribution in [0.25, 0.3) is 16.6 Å². The third-order valence-electron chi connectivity index (χ3n) is 4.06. The summed E-state index contributed by atoms with van der Waals surface area (Å²) in [5.41, 5.74) is 2.21. The van der Waals surface area contributed by atoms with Crippen molar-refractivity contribution >= 4 is 28.6 Å². The van der Waals surface area contributed by atoms with Gasteiger partial charge in [-0.25, -0.2) is 4.98 Å². The number of para-hydroxylation sites is 2. The van der Waals surface area contributed by atoms with Crippen molar-refractivity contribution in [2.75, 3.05) is 26.0 Å². The van der Waals surface area contributed by atoms with Gasteiger partial charge in [-0.2, -0.15) is 0 Å². The van der Waals surface area contributed by atoms with E-state index in [0.717, 1.165) is 11.3 Å². The Labute approximate surface area is 161 Å². The van der Waals surface area contributed by atoms with Crippen LogP contribution in [-0.2, 0) is 9.53 Å². The standard InChI is InChI=1S/C20H21N3O3S/c1-14-7-3-6-10-17(14)23-19(25)15-8-4-5-9-16(15)22-20(23)27-13-18(24)21-11-12-26-2/h3-10H,11-13H2,1-2H3,(H,21,24). The number of rotatable bonds is 7. The Morgan fingerprint density at radius 2 is 1.93 bits per heavy atom. The summed E-state index contributed by atoms with van der Waals surface area (Å²) in [5.74, 6) is 0.0381.